The fraction of sp³-hybridized carbons (Fsp3) is 0.300. The first-order chi connectivity index (χ1) is 12.0. The Kier molecular flexibility index (Phi) is 6.71. The summed E-state index contributed by atoms with van der Waals surface area (Å²) in [6.45, 7) is 1.93. The SMILES string of the molecule is CCCC(N)C(=O)NC(Cc1ccc(-c2ccccc2)cc1)C(=O)O. The van der Waals surface area contributed by atoms with E-state index in [1.165, 1.54) is 0 Å². The first-order valence-electron chi connectivity index (χ1n) is 8.44. The Labute approximate surface area is 147 Å². The normalized spacial score (nSPS) is 13.0. The van der Waals surface area contributed by atoms with Gasteiger partial charge in [-0.05, 0) is 23.1 Å². The van der Waals surface area contributed by atoms with Crippen LogP contribution < -0.4 is 11.1 Å². The van der Waals surface area contributed by atoms with E-state index < -0.39 is 24.0 Å². The van der Waals surface area contributed by atoms with E-state index in [1.54, 1.807) is 0 Å². The number of aliphatic carboxylic acids is 1. The number of nitrogens with two attached hydrogens (primary N) is 1. The van der Waals surface area contributed by atoms with Gasteiger partial charge in [0.15, 0.2) is 0 Å². The lowest BCUT2D eigenvalue weighted by Gasteiger charge is -2.18. The summed E-state index contributed by atoms with van der Waals surface area (Å²) >= 11 is 0. The van der Waals surface area contributed by atoms with Crippen molar-refractivity contribution in [2.24, 2.45) is 5.73 Å². The molecule has 0 fully saturated rings. The van der Waals surface area contributed by atoms with Gasteiger partial charge in [-0.1, -0.05) is 67.9 Å². The van der Waals surface area contributed by atoms with Gasteiger partial charge in [-0.3, -0.25) is 4.79 Å². The lowest BCUT2D eigenvalue weighted by Crippen LogP contribution is -2.49. The second-order valence-electron chi connectivity index (χ2n) is 6.06. The van der Waals surface area contributed by atoms with E-state index in [2.05, 4.69) is 5.32 Å². The maximum absolute atomic E-state index is 12.0. The zero-order chi connectivity index (χ0) is 18.2. The molecule has 0 aromatic heterocycles. The van der Waals surface area contributed by atoms with Crippen molar-refractivity contribution < 1.29 is 14.7 Å². The van der Waals surface area contributed by atoms with Gasteiger partial charge in [0.2, 0.25) is 5.91 Å². The molecule has 0 aliphatic heterocycles. The maximum Gasteiger partial charge on any atom is 0.326 e. The predicted octanol–water partition coefficient (Wildman–Crippen LogP) is 2.59. The summed E-state index contributed by atoms with van der Waals surface area (Å²) in [5.41, 5.74) is 8.75. The molecule has 132 valence electrons. The minimum Gasteiger partial charge on any atom is -0.480 e. The summed E-state index contributed by atoms with van der Waals surface area (Å²) in [4.78, 5) is 23.4. The highest BCUT2D eigenvalue weighted by Crippen LogP contribution is 2.19. The molecule has 0 aliphatic carbocycles. The van der Waals surface area contributed by atoms with Gasteiger partial charge in [0, 0.05) is 6.42 Å². The molecule has 2 aromatic carbocycles. The van der Waals surface area contributed by atoms with Crippen molar-refractivity contribution in [3.05, 3.63) is 60.2 Å². The molecule has 5 heteroatoms. The first kappa shape index (κ1) is 18.7. The van der Waals surface area contributed by atoms with Gasteiger partial charge >= 0.3 is 5.97 Å². The number of carbonyl (C=O) groups excluding carboxylic acids is 1. The predicted molar refractivity (Wildman–Crippen MR) is 98.0 cm³/mol. The second kappa shape index (κ2) is 8.99. The topological polar surface area (TPSA) is 92.4 Å². The molecule has 2 aromatic rings. The first-order valence-corrected chi connectivity index (χ1v) is 8.44. The number of rotatable bonds is 8. The summed E-state index contributed by atoms with van der Waals surface area (Å²) in [7, 11) is 0. The van der Waals surface area contributed by atoms with Crippen LogP contribution in [-0.2, 0) is 16.0 Å². The summed E-state index contributed by atoms with van der Waals surface area (Å²) in [6, 6.07) is 16.0. The van der Waals surface area contributed by atoms with E-state index in [4.69, 9.17) is 5.73 Å². The molecule has 0 radical (unpaired) electrons. The van der Waals surface area contributed by atoms with E-state index >= 15 is 0 Å². The molecule has 2 atom stereocenters. The van der Waals surface area contributed by atoms with E-state index in [1.807, 2.05) is 61.5 Å². The zero-order valence-electron chi connectivity index (χ0n) is 14.3. The van der Waals surface area contributed by atoms with Crippen molar-refractivity contribution in [2.75, 3.05) is 0 Å². The molecular formula is C20H24N2O3. The molecule has 25 heavy (non-hydrogen) atoms. The Morgan fingerprint density at radius 2 is 1.64 bits per heavy atom. The molecular weight excluding hydrogens is 316 g/mol. The Morgan fingerprint density at radius 3 is 2.20 bits per heavy atom. The van der Waals surface area contributed by atoms with E-state index in [9.17, 15) is 14.7 Å². The molecule has 0 aliphatic rings. The van der Waals surface area contributed by atoms with Crippen molar-refractivity contribution in [1.82, 2.24) is 5.32 Å². The Hall–Kier alpha value is -2.66. The number of carboxylic acid groups (broad SMARTS) is 1. The van der Waals surface area contributed by atoms with Gasteiger partial charge in [0.25, 0.3) is 0 Å². The van der Waals surface area contributed by atoms with Crippen LogP contribution in [0.5, 0.6) is 0 Å². The average molecular weight is 340 g/mol. The zero-order valence-corrected chi connectivity index (χ0v) is 14.3. The molecule has 2 unspecified atom stereocenters. The number of nitrogens with one attached hydrogen (secondary N) is 1. The fourth-order valence-electron chi connectivity index (χ4n) is 2.62. The van der Waals surface area contributed by atoms with Gasteiger partial charge in [0.05, 0.1) is 6.04 Å². The molecule has 0 bridgehead atoms. The molecule has 1 amide bonds. The molecule has 4 N–H and O–H groups in total. The van der Waals surface area contributed by atoms with Crippen molar-refractivity contribution >= 4 is 11.9 Å². The molecule has 0 spiro atoms. The number of carboxylic acids is 1. The monoisotopic (exact) mass is 340 g/mol. The molecule has 0 saturated heterocycles. The van der Waals surface area contributed by atoms with Crippen LogP contribution in [0, 0.1) is 0 Å². The van der Waals surface area contributed by atoms with Crippen LogP contribution in [0.15, 0.2) is 54.6 Å². The smallest absolute Gasteiger partial charge is 0.326 e. The highest BCUT2D eigenvalue weighted by atomic mass is 16.4. The number of benzene rings is 2. The summed E-state index contributed by atoms with van der Waals surface area (Å²) in [6.07, 6.45) is 1.52. The van der Waals surface area contributed by atoms with Crippen LogP contribution in [0.4, 0.5) is 0 Å². The Bertz CT molecular complexity index is 699. The van der Waals surface area contributed by atoms with E-state index in [0.717, 1.165) is 23.1 Å². The van der Waals surface area contributed by atoms with Crippen molar-refractivity contribution in [1.29, 1.82) is 0 Å². The highest BCUT2D eigenvalue weighted by molar-refractivity contribution is 5.86. The van der Waals surface area contributed by atoms with Crippen molar-refractivity contribution in [3.8, 4) is 11.1 Å². The third-order valence-corrected chi connectivity index (χ3v) is 4.05. The maximum atomic E-state index is 12.0. The van der Waals surface area contributed by atoms with Gasteiger partial charge in [-0.25, -0.2) is 4.79 Å². The molecule has 2 rings (SSSR count). The summed E-state index contributed by atoms with van der Waals surface area (Å²) in [5.74, 6) is -1.49. The number of amides is 1. The quantitative estimate of drug-likeness (QED) is 0.689. The minimum atomic E-state index is -1.07. The average Bonchev–Trinajstić information content (AvgIpc) is 2.62. The van der Waals surface area contributed by atoms with E-state index in [0.29, 0.717) is 6.42 Å². The highest BCUT2D eigenvalue weighted by Gasteiger charge is 2.23. The van der Waals surface area contributed by atoms with Gasteiger partial charge in [-0.2, -0.15) is 0 Å². The lowest BCUT2D eigenvalue weighted by molar-refractivity contribution is -0.142. The van der Waals surface area contributed by atoms with Crippen LogP contribution >= 0.6 is 0 Å². The Morgan fingerprint density at radius 1 is 1.04 bits per heavy atom. The Balaban J connectivity index is 2.04. The standard InChI is InChI=1S/C20H24N2O3/c1-2-6-17(21)19(23)22-18(20(24)25)13-14-9-11-16(12-10-14)15-7-4-3-5-8-15/h3-5,7-12,17-18H,2,6,13,21H2,1H3,(H,22,23)(H,24,25). The largest absolute Gasteiger partial charge is 0.480 e. The number of carbonyl (C=O) groups is 2. The third-order valence-electron chi connectivity index (χ3n) is 4.05. The second-order valence-corrected chi connectivity index (χ2v) is 6.06. The number of hydrogen-bond donors (Lipinski definition) is 3. The summed E-state index contributed by atoms with van der Waals surface area (Å²) < 4.78 is 0. The lowest BCUT2D eigenvalue weighted by atomic mass is 10.0. The van der Waals surface area contributed by atoms with Crippen LogP contribution in [-0.4, -0.2) is 29.1 Å². The van der Waals surface area contributed by atoms with Crippen LogP contribution in [0.3, 0.4) is 0 Å². The number of hydrogen-bond acceptors (Lipinski definition) is 3. The molecule has 0 heterocycles. The third kappa shape index (κ3) is 5.43. The summed E-state index contributed by atoms with van der Waals surface area (Å²) in [5, 5.41) is 11.9. The minimum absolute atomic E-state index is 0.217. The van der Waals surface area contributed by atoms with E-state index in [-0.39, 0.29) is 6.42 Å². The van der Waals surface area contributed by atoms with Gasteiger partial charge in [-0.15, -0.1) is 0 Å². The van der Waals surface area contributed by atoms with Crippen molar-refractivity contribution in [3.63, 3.8) is 0 Å². The van der Waals surface area contributed by atoms with Crippen molar-refractivity contribution in [2.45, 2.75) is 38.3 Å². The molecule has 5 nitrogen and oxygen atoms in total. The van der Waals surface area contributed by atoms with Gasteiger partial charge < -0.3 is 16.2 Å². The van der Waals surface area contributed by atoms with Crippen LogP contribution in [0.1, 0.15) is 25.3 Å². The van der Waals surface area contributed by atoms with Crippen LogP contribution in [0.2, 0.25) is 0 Å². The molecule has 0 saturated carbocycles. The fourth-order valence-corrected chi connectivity index (χ4v) is 2.62. The van der Waals surface area contributed by atoms with Crippen LogP contribution in [0.25, 0.3) is 11.1 Å². The van der Waals surface area contributed by atoms with Gasteiger partial charge in [0.1, 0.15) is 6.04 Å².